The molecule has 0 unspecified atom stereocenters. The van der Waals surface area contributed by atoms with E-state index in [4.69, 9.17) is 11.6 Å². The van der Waals surface area contributed by atoms with Crippen molar-refractivity contribution in [3.8, 4) is 0 Å². The van der Waals surface area contributed by atoms with E-state index in [1.165, 1.54) is 0 Å². The molecule has 3 aromatic carbocycles. The molecule has 0 aliphatic carbocycles. The van der Waals surface area contributed by atoms with E-state index < -0.39 is 15.9 Å². The molecule has 126 valence electrons. The second-order valence-corrected chi connectivity index (χ2v) is 7.97. The van der Waals surface area contributed by atoms with E-state index in [1.807, 2.05) is 12.1 Å². The Balaban J connectivity index is 1.66. The lowest BCUT2D eigenvalue weighted by molar-refractivity contribution is -0.114. The van der Waals surface area contributed by atoms with Crippen LogP contribution in [-0.2, 0) is 14.8 Å². The summed E-state index contributed by atoms with van der Waals surface area (Å²) >= 11 is 5.82. The summed E-state index contributed by atoms with van der Waals surface area (Å²) in [5.41, 5.74) is 1.08. The SMILES string of the molecule is O=C(CN1c2cccc3cccc(c23)S1(=O)=O)Nc1ccc(Cl)cc1. The summed E-state index contributed by atoms with van der Waals surface area (Å²) in [4.78, 5) is 12.6. The van der Waals surface area contributed by atoms with Gasteiger partial charge >= 0.3 is 0 Å². The normalized spacial score (nSPS) is 14.7. The van der Waals surface area contributed by atoms with E-state index in [0.29, 0.717) is 21.8 Å². The van der Waals surface area contributed by atoms with Crippen LogP contribution < -0.4 is 9.62 Å². The highest BCUT2D eigenvalue weighted by Crippen LogP contribution is 2.41. The topological polar surface area (TPSA) is 66.5 Å². The van der Waals surface area contributed by atoms with Crippen molar-refractivity contribution in [1.29, 1.82) is 0 Å². The smallest absolute Gasteiger partial charge is 0.265 e. The molecule has 1 amide bonds. The second-order valence-electron chi connectivity index (χ2n) is 5.70. The second kappa shape index (κ2) is 5.75. The molecular formula is C18H13ClN2O3S. The minimum Gasteiger partial charge on any atom is -0.325 e. The Bertz CT molecular complexity index is 1090. The quantitative estimate of drug-likeness (QED) is 0.763. The third kappa shape index (κ3) is 2.63. The van der Waals surface area contributed by atoms with Crippen LogP contribution in [0.25, 0.3) is 10.8 Å². The number of rotatable bonds is 3. The summed E-state index contributed by atoms with van der Waals surface area (Å²) in [7, 11) is -3.74. The zero-order valence-corrected chi connectivity index (χ0v) is 14.5. The molecule has 0 saturated heterocycles. The fourth-order valence-electron chi connectivity index (χ4n) is 2.99. The minimum atomic E-state index is -3.74. The molecule has 1 aliphatic heterocycles. The van der Waals surface area contributed by atoms with Gasteiger partial charge in [-0.1, -0.05) is 35.9 Å². The highest BCUT2D eigenvalue weighted by Gasteiger charge is 2.36. The van der Waals surface area contributed by atoms with E-state index in [-0.39, 0.29) is 11.4 Å². The molecular weight excluding hydrogens is 360 g/mol. The van der Waals surface area contributed by atoms with E-state index in [0.717, 1.165) is 9.69 Å². The first kappa shape index (κ1) is 15.9. The first-order valence-electron chi connectivity index (χ1n) is 7.57. The van der Waals surface area contributed by atoms with Crippen molar-refractivity contribution >= 4 is 49.7 Å². The molecule has 0 fully saturated rings. The number of benzene rings is 3. The highest BCUT2D eigenvalue weighted by atomic mass is 35.5. The molecule has 5 nitrogen and oxygen atoms in total. The van der Waals surface area contributed by atoms with Crippen molar-refractivity contribution in [2.24, 2.45) is 0 Å². The van der Waals surface area contributed by atoms with Crippen LogP contribution in [0.1, 0.15) is 0 Å². The number of nitrogens with zero attached hydrogens (tertiary/aromatic N) is 1. The molecule has 0 spiro atoms. The molecule has 0 saturated carbocycles. The van der Waals surface area contributed by atoms with Crippen LogP contribution in [0.5, 0.6) is 0 Å². The van der Waals surface area contributed by atoms with Crippen LogP contribution in [0.4, 0.5) is 11.4 Å². The predicted molar refractivity (Wildman–Crippen MR) is 98.6 cm³/mol. The molecule has 0 radical (unpaired) electrons. The minimum absolute atomic E-state index is 0.236. The van der Waals surface area contributed by atoms with Crippen molar-refractivity contribution < 1.29 is 13.2 Å². The number of anilines is 2. The molecule has 0 atom stereocenters. The lowest BCUT2D eigenvalue weighted by atomic mass is 10.1. The van der Waals surface area contributed by atoms with Crippen LogP contribution in [0.3, 0.4) is 0 Å². The molecule has 0 aromatic heterocycles. The zero-order chi connectivity index (χ0) is 17.6. The molecule has 1 aliphatic rings. The van der Waals surface area contributed by atoms with Gasteiger partial charge in [0.2, 0.25) is 5.91 Å². The number of hydrogen-bond donors (Lipinski definition) is 1. The van der Waals surface area contributed by atoms with Gasteiger partial charge < -0.3 is 5.32 Å². The van der Waals surface area contributed by atoms with Crippen LogP contribution >= 0.6 is 11.6 Å². The van der Waals surface area contributed by atoms with Crippen molar-refractivity contribution in [2.45, 2.75) is 4.90 Å². The Morgan fingerprint density at radius 3 is 2.40 bits per heavy atom. The summed E-state index contributed by atoms with van der Waals surface area (Å²) in [6.07, 6.45) is 0. The van der Waals surface area contributed by atoms with Gasteiger partial charge in [0.15, 0.2) is 0 Å². The average Bonchev–Trinajstić information content (AvgIpc) is 2.81. The van der Waals surface area contributed by atoms with Gasteiger partial charge in [-0.05, 0) is 41.8 Å². The first-order chi connectivity index (χ1) is 12.0. The Hall–Kier alpha value is -2.57. The summed E-state index contributed by atoms with van der Waals surface area (Å²) in [6, 6.07) is 17.1. The monoisotopic (exact) mass is 372 g/mol. The largest absolute Gasteiger partial charge is 0.325 e. The molecule has 1 N–H and O–H groups in total. The van der Waals surface area contributed by atoms with Gasteiger partial charge in [-0.15, -0.1) is 0 Å². The molecule has 4 rings (SSSR count). The fourth-order valence-corrected chi connectivity index (χ4v) is 4.79. The molecule has 25 heavy (non-hydrogen) atoms. The number of halogens is 1. The van der Waals surface area contributed by atoms with Crippen LogP contribution in [0, 0.1) is 0 Å². The van der Waals surface area contributed by atoms with Gasteiger partial charge in [0.1, 0.15) is 6.54 Å². The number of nitrogens with one attached hydrogen (secondary N) is 1. The van der Waals surface area contributed by atoms with Crippen LogP contribution in [0.2, 0.25) is 5.02 Å². The predicted octanol–water partition coefficient (Wildman–Crippen LogP) is 3.64. The number of carbonyl (C=O) groups is 1. The maximum Gasteiger partial charge on any atom is 0.265 e. The molecule has 1 heterocycles. The van der Waals surface area contributed by atoms with Gasteiger partial charge in [0.05, 0.1) is 10.6 Å². The molecule has 7 heteroatoms. The zero-order valence-electron chi connectivity index (χ0n) is 12.9. The Kier molecular flexibility index (Phi) is 3.67. The Morgan fingerprint density at radius 2 is 1.68 bits per heavy atom. The Morgan fingerprint density at radius 1 is 1.00 bits per heavy atom. The van der Waals surface area contributed by atoms with Gasteiger partial charge in [0, 0.05) is 16.1 Å². The Labute approximate surface area is 149 Å². The maximum atomic E-state index is 12.8. The van der Waals surface area contributed by atoms with E-state index in [1.54, 1.807) is 48.5 Å². The standard InChI is InChI=1S/C18H13ClN2O3S/c19-13-7-9-14(10-8-13)20-17(22)11-21-15-5-1-3-12-4-2-6-16(18(12)15)25(21,23)24/h1-10H,11H2,(H,20,22). The number of sulfonamides is 1. The van der Waals surface area contributed by atoms with Gasteiger partial charge in [-0.3, -0.25) is 9.10 Å². The maximum absolute atomic E-state index is 12.8. The summed E-state index contributed by atoms with van der Waals surface area (Å²) in [5, 5.41) is 4.74. The average molecular weight is 373 g/mol. The number of amides is 1. The van der Waals surface area contributed by atoms with Gasteiger partial charge in [-0.25, -0.2) is 8.42 Å². The first-order valence-corrected chi connectivity index (χ1v) is 9.38. The van der Waals surface area contributed by atoms with Gasteiger partial charge in [-0.2, -0.15) is 0 Å². The van der Waals surface area contributed by atoms with Gasteiger partial charge in [0.25, 0.3) is 10.0 Å². The molecule has 0 bridgehead atoms. The lowest BCUT2D eigenvalue weighted by Gasteiger charge is -2.18. The van der Waals surface area contributed by atoms with Crippen molar-refractivity contribution in [3.63, 3.8) is 0 Å². The van der Waals surface area contributed by atoms with Crippen molar-refractivity contribution in [2.75, 3.05) is 16.2 Å². The van der Waals surface area contributed by atoms with Crippen molar-refractivity contribution in [1.82, 2.24) is 0 Å². The van der Waals surface area contributed by atoms with E-state index >= 15 is 0 Å². The molecule has 3 aromatic rings. The van der Waals surface area contributed by atoms with E-state index in [2.05, 4.69) is 5.32 Å². The highest BCUT2D eigenvalue weighted by molar-refractivity contribution is 7.93. The lowest BCUT2D eigenvalue weighted by Crippen LogP contribution is -2.35. The van der Waals surface area contributed by atoms with Crippen molar-refractivity contribution in [3.05, 3.63) is 65.7 Å². The third-order valence-electron chi connectivity index (χ3n) is 4.10. The number of hydrogen-bond acceptors (Lipinski definition) is 3. The number of carbonyl (C=O) groups excluding carboxylic acids is 1. The summed E-state index contributed by atoms with van der Waals surface area (Å²) in [6.45, 7) is -0.293. The summed E-state index contributed by atoms with van der Waals surface area (Å²) < 4.78 is 26.8. The third-order valence-corrected chi connectivity index (χ3v) is 6.15. The van der Waals surface area contributed by atoms with E-state index in [9.17, 15) is 13.2 Å². The fraction of sp³-hybridized carbons (Fsp3) is 0.0556. The van der Waals surface area contributed by atoms with Crippen LogP contribution in [0.15, 0.2) is 65.6 Å². The summed E-state index contributed by atoms with van der Waals surface area (Å²) in [5.74, 6) is -0.421. The van der Waals surface area contributed by atoms with Crippen LogP contribution in [-0.4, -0.2) is 20.9 Å².